The van der Waals surface area contributed by atoms with E-state index in [1.54, 1.807) is 6.08 Å². The van der Waals surface area contributed by atoms with Gasteiger partial charge in [-0.2, -0.15) is 0 Å². The fourth-order valence-electron chi connectivity index (χ4n) is 1.41. The summed E-state index contributed by atoms with van der Waals surface area (Å²) in [4.78, 5) is 11.2. The van der Waals surface area contributed by atoms with Crippen LogP contribution in [0.3, 0.4) is 0 Å². The molecule has 0 spiro atoms. The molecule has 1 aliphatic rings. The molecule has 0 heterocycles. The average molecular weight is 178 g/mol. The number of hydrogen-bond donors (Lipinski definition) is 0. The Morgan fingerprint density at radius 3 is 2.54 bits per heavy atom. The first kappa shape index (κ1) is 10.2. The van der Waals surface area contributed by atoms with Crippen molar-refractivity contribution in [2.45, 2.75) is 46.0 Å². The second-order valence-corrected chi connectivity index (χ2v) is 3.69. The molecule has 0 aromatic rings. The molecule has 0 bridgehead atoms. The van der Waals surface area contributed by atoms with Gasteiger partial charge in [0.2, 0.25) is 0 Å². The molecular weight excluding hydrogens is 160 g/mol. The number of hydrogen-bond acceptors (Lipinski definition) is 1. The van der Waals surface area contributed by atoms with Crippen molar-refractivity contribution in [2.75, 3.05) is 0 Å². The molecule has 72 valence electrons. The van der Waals surface area contributed by atoms with E-state index < -0.39 is 0 Å². The Morgan fingerprint density at radius 2 is 2.08 bits per heavy atom. The minimum absolute atomic E-state index is 0.252. The number of rotatable bonds is 4. The van der Waals surface area contributed by atoms with Crippen molar-refractivity contribution in [3.63, 3.8) is 0 Å². The Morgan fingerprint density at radius 1 is 1.38 bits per heavy atom. The largest absolute Gasteiger partial charge is 0.295 e. The highest BCUT2D eigenvalue weighted by Gasteiger charge is 2.09. The van der Waals surface area contributed by atoms with Gasteiger partial charge in [-0.05, 0) is 38.7 Å². The van der Waals surface area contributed by atoms with Crippen molar-refractivity contribution in [3.8, 4) is 0 Å². The maximum absolute atomic E-state index is 11.2. The smallest absolute Gasteiger partial charge is 0.155 e. The molecule has 0 saturated heterocycles. The van der Waals surface area contributed by atoms with Gasteiger partial charge >= 0.3 is 0 Å². The second-order valence-electron chi connectivity index (χ2n) is 3.69. The molecule has 1 aliphatic carbocycles. The Balaban J connectivity index is 2.42. The van der Waals surface area contributed by atoms with E-state index in [0.717, 1.165) is 6.42 Å². The van der Waals surface area contributed by atoms with Crippen LogP contribution < -0.4 is 0 Å². The zero-order chi connectivity index (χ0) is 9.68. The molecular formula is C12H18O. The predicted octanol–water partition coefficient (Wildman–Crippen LogP) is 3.41. The van der Waals surface area contributed by atoms with E-state index in [1.807, 2.05) is 13.0 Å². The summed E-state index contributed by atoms with van der Waals surface area (Å²) >= 11 is 0. The van der Waals surface area contributed by atoms with Crippen molar-refractivity contribution >= 4 is 5.78 Å². The topological polar surface area (TPSA) is 17.1 Å². The van der Waals surface area contributed by atoms with E-state index >= 15 is 0 Å². The lowest BCUT2D eigenvalue weighted by molar-refractivity contribution is -0.114. The van der Waals surface area contributed by atoms with Crippen LogP contribution in [0.1, 0.15) is 46.0 Å². The lowest BCUT2D eigenvalue weighted by Crippen LogP contribution is -1.99. The van der Waals surface area contributed by atoms with Gasteiger partial charge in [-0.15, -0.1) is 0 Å². The first-order valence-corrected chi connectivity index (χ1v) is 5.13. The van der Waals surface area contributed by atoms with Crippen LogP contribution in [0.25, 0.3) is 0 Å². The minimum atomic E-state index is 0.252. The molecule has 1 saturated carbocycles. The van der Waals surface area contributed by atoms with Crippen molar-refractivity contribution in [3.05, 3.63) is 23.3 Å². The first-order chi connectivity index (χ1) is 6.24. The Kier molecular flexibility index (Phi) is 3.94. The van der Waals surface area contributed by atoms with Crippen LogP contribution in [0.4, 0.5) is 0 Å². The molecule has 0 aromatic heterocycles. The molecule has 1 heteroatoms. The molecule has 0 amide bonds. The molecule has 0 unspecified atom stereocenters. The molecule has 1 fully saturated rings. The summed E-state index contributed by atoms with van der Waals surface area (Å²) < 4.78 is 0. The Hall–Kier alpha value is -0.850. The monoisotopic (exact) mass is 178 g/mol. The van der Waals surface area contributed by atoms with E-state index in [0.29, 0.717) is 6.42 Å². The van der Waals surface area contributed by atoms with Gasteiger partial charge in [0, 0.05) is 6.42 Å². The van der Waals surface area contributed by atoms with E-state index in [1.165, 1.54) is 30.4 Å². The van der Waals surface area contributed by atoms with Gasteiger partial charge in [0.1, 0.15) is 0 Å². The van der Waals surface area contributed by atoms with Crippen molar-refractivity contribution in [2.24, 2.45) is 0 Å². The second kappa shape index (κ2) is 5.00. The van der Waals surface area contributed by atoms with Crippen LogP contribution in [0.2, 0.25) is 0 Å². The maximum atomic E-state index is 11.2. The molecule has 0 N–H and O–H groups in total. The van der Waals surface area contributed by atoms with Crippen LogP contribution in [-0.4, -0.2) is 5.78 Å². The summed E-state index contributed by atoms with van der Waals surface area (Å²) in [7, 11) is 0. The SMILES string of the molecule is CCCC(=O)/C=C\C(C)=C1CCC1. The summed E-state index contributed by atoms with van der Waals surface area (Å²) in [5.74, 6) is 0.252. The van der Waals surface area contributed by atoms with Gasteiger partial charge in [-0.25, -0.2) is 0 Å². The lowest BCUT2D eigenvalue weighted by Gasteiger charge is -2.18. The molecule has 0 atom stereocenters. The van der Waals surface area contributed by atoms with E-state index in [4.69, 9.17) is 0 Å². The van der Waals surface area contributed by atoms with Crippen LogP contribution in [-0.2, 0) is 4.79 Å². The van der Waals surface area contributed by atoms with Crippen molar-refractivity contribution in [1.29, 1.82) is 0 Å². The first-order valence-electron chi connectivity index (χ1n) is 5.13. The minimum Gasteiger partial charge on any atom is -0.295 e. The highest BCUT2D eigenvalue weighted by molar-refractivity contribution is 5.89. The molecule has 13 heavy (non-hydrogen) atoms. The predicted molar refractivity (Wildman–Crippen MR) is 55.6 cm³/mol. The van der Waals surface area contributed by atoms with Crippen LogP contribution in [0, 0.1) is 0 Å². The standard InChI is InChI=1S/C12H18O/c1-3-5-12(13)9-8-10(2)11-6-4-7-11/h8-9H,3-7H2,1-2H3/b9-8-. The highest BCUT2D eigenvalue weighted by atomic mass is 16.1. The third-order valence-corrected chi connectivity index (χ3v) is 2.53. The van der Waals surface area contributed by atoms with Crippen LogP contribution >= 0.6 is 0 Å². The fourth-order valence-corrected chi connectivity index (χ4v) is 1.41. The molecule has 1 rings (SSSR count). The third-order valence-electron chi connectivity index (χ3n) is 2.53. The highest BCUT2D eigenvalue weighted by Crippen LogP contribution is 2.28. The molecule has 0 aromatic carbocycles. The summed E-state index contributed by atoms with van der Waals surface area (Å²) in [6.45, 7) is 4.13. The summed E-state index contributed by atoms with van der Waals surface area (Å²) in [5.41, 5.74) is 2.83. The average Bonchev–Trinajstić information content (AvgIpc) is 1.98. The van der Waals surface area contributed by atoms with Gasteiger partial charge in [0.15, 0.2) is 5.78 Å². The molecule has 0 radical (unpaired) electrons. The third kappa shape index (κ3) is 3.17. The zero-order valence-corrected chi connectivity index (χ0v) is 8.60. The van der Waals surface area contributed by atoms with Crippen molar-refractivity contribution in [1.82, 2.24) is 0 Å². The number of carbonyl (C=O) groups excluding carboxylic acids is 1. The van der Waals surface area contributed by atoms with Crippen LogP contribution in [0.5, 0.6) is 0 Å². The normalized spacial score (nSPS) is 16.0. The van der Waals surface area contributed by atoms with Gasteiger partial charge in [-0.1, -0.05) is 24.1 Å². The number of allylic oxidation sites excluding steroid dienone is 4. The van der Waals surface area contributed by atoms with E-state index in [-0.39, 0.29) is 5.78 Å². The quantitative estimate of drug-likeness (QED) is 0.603. The van der Waals surface area contributed by atoms with Crippen LogP contribution in [0.15, 0.2) is 23.3 Å². The zero-order valence-electron chi connectivity index (χ0n) is 8.60. The van der Waals surface area contributed by atoms with Gasteiger partial charge < -0.3 is 0 Å². The van der Waals surface area contributed by atoms with Gasteiger partial charge in [0.05, 0.1) is 0 Å². The van der Waals surface area contributed by atoms with Gasteiger partial charge in [0.25, 0.3) is 0 Å². The molecule has 1 nitrogen and oxygen atoms in total. The number of carbonyl (C=O) groups is 1. The Labute approximate surface area is 80.5 Å². The molecule has 0 aliphatic heterocycles. The summed E-state index contributed by atoms with van der Waals surface area (Å²) in [5, 5.41) is 0. The fraction of sp³-hybridized carbons (Fsp3) is 0.583. The van der Waals surface area contributed by atoms with E-state index in [2.05, 4.69) is 6.92 Å². The van der Waals surface area contributed by atoms with Gasteiger partial charge in [-0.3, -0.25) is 4.79 Å². The lowest BCUT2D eigenvalue weighted by atomic mass is 9.88. The Bertz CT molecular complexity index is 240. The van der Waals surface area contributed by atoms with E-state index in [9.17, 15) is 4.79 Å². The summed E-state index contributed by atoms with van der Waals surface area (Å²) in [6.07, 6.45) is 9.12. The summed E-state index contributed by atoms with van der Waals surface area (Å²) in [6, 6.07) is 0. The van der Waals surface area contributed by atoms with Crippen molar-refractivity contribution < 1.29 is 4.79 Å². The number of ketones is 1. The maximum Gasteiger partial charge on any atom is 0.155 e.